The van der Waals surface area contributed by atoms with Gasteiger partial charge in [0.1, 0.15) is 5.92 Å². The molecule has 2 aromatic carbocycles. The van der Waals surface area contributed by atoms with Gasteiger partial charge in [0.05, 0.1) is 10.9 Å². The third-order valence-corrected chi connectivity index (χ3v) is 6.74. The van der Waals surface area contributed by atoms with Crippen LogP contribution in [-0.4, -0.2) is 20.7 Å². The summed E-state index contributed by atoms with van der Waals surface area (Å²) < 4.78 is 2.32. The van der Waals surface area contributed by atoms with E-state index in [1.54, 1.807) is 37.4 Å². The molecule has 4 rings (SSSR count). The molecule has 0 fully saturated rings. The van der Waals surface area contributed by atoms with E-state index in [9.17, 15) is 14.9 Å². The van der Waals surface area contributed by atoms with Gasteiger partial charge in [-0.25, -0.2) is 4.98 Å². The van der Waals surface area contributed by atoms with Crippen molar-refractivity contribution in [1.82, 2.24) is 14.8 Å². The van der Waals surface area contributed by atoms with Crippen LogP contribution in [0, 0.1) is 24.2 Å². The van der Waals surface area contributed by atoms with Crippen molar-refractivity contribution in [2.75, 3.05) is 0 Å². The van der Waals surface area contributed by atoms with Gasteiger partial charge in [-0.2, -0.15) is 9.94 Å². The van der Waals surface area contributed by atoms with Crippen LogP contribution in [0.2, 0.25) is 0 Å². The number of nitrogens with zero attached hydrogens (tertiary/aromatic N) is 3. The number of nitrogens with one attached hydrogen (secondary N) is 1. The Kier molecular flexibility index (Phi) is 6.08. The van der Waals surface area contributed by atoms with Gasteiger partial charge in [0.25, 0.3) is 5.56 Å². The molecule has 7 nitrogen and oxygen atoms in total. The fraction of sp³-hybridized carbons (Fsp3) is 0.130. The number of aromatic nitrogens is 3. The summed E-state index contributed by atoms with van der Waals surface area (Å²) in [5.74, 6) is -2.77. The molecule has 0 saturated heterocycles. The minimum atomic E-state index is -1.19. The third-order valence-electron chi connectivity index (χ3n) is 5.18. The van der Waals surface area contributed by atoms with Crippen LogP contribution in [0.15, 0.2) is 70.1 Å². The molecule has 0 saturated carbocycles. The number of primary amides is 1. The van der Waals surface area contributed by atoms with Crippen molar-refractivity contribution in [3.63, 3.8) is 0 Å². The molecule has 0 bridgehead atoms. The van der Waals surface area contributed by atoms with Crippen molar-refractivity contribution >= 4 is 33.2 Å². The summed E-state index contributed by atoms with van der Waals surface area (Å²) in [7, 11) is 0. The van der Waals surface area contributed by atoms with Gasteiger partial charge in [0.15, 0.2) is 0 Å². The quantitative estimate of drug-likeness (QED) is 0.408. The number of thiazole rings is 1. The number of aryl methyl sites for hydroxylation is 1. The summed E-state index contributed by atoms with van der Waals surface area (Å²) in [6, 6.07) is 18.8. The summed E-state index contributed by atoms with van der Waals surface area (Å²) in [5.41, 5.74) is 7.67. The van der Waals surface area contributed by atoms with Crippen LogP contribution in [0.25, 0.3) is 15.6 Å². The Morgan fingerprint density at radius 3 is 2.53 bits per heavy atom. The summed E-state index contributed by atoms with van der Waals surface area (Å²) >= 11 is 4.78. The number of H-pyrrole nitrogens is 1. The highest BCUT2D eigenvalue weighted by Crippen LogP contribution is 2.33. The van der Waals surface area contributed by atoms with Crippen LogP contribution in [-0.2, 0) is 4.79 Å². The number of rotatable bonds is 6. The molecule has 2 heterocycles. The first-order valence-electron chi connectivity index (χ1n) is 9.68. The number of amides is 1. The largest absolute Gasteiger partial charge is 0.369 e. The lowest BCUT2D eigenvalue weighted by molar-refractivity contribution is -0.120. The fourth-order valence-corrected chi connectivity index (χ4v) is 4.81. The Balaban J connectivity index is 1.82. The maximum absolute atomic E-state index is 13.5. The second-order valence-electron chi connectivity index (χ2n) is 7.20. The Bertz CT molecular complexity index is 1370. The minimum Gasteiger partial charge on any atom is -0.369 e. The lowest BCUT2D eigenvalue weighted by Crippen LogP contribution is -2.31. The Morgan fingerprint density at radius 1 is 1.22 bits per heavy atom. The minimum absolute atomic E-state index is 0.321. The van der Waals surface area contributed by atoms with Gasteiger partial charge in [0, 0.05) is 27.8 Å². The van der Waals surface area contributed by atoms with Crippen molar-refractivity contribution in [1.29, 1.82) is 5.26 Å². The number of carbonyl (C=O) groups excluding carboxylic acids is 1. The van der Waals surface area contributed by atoms with Crippen LogP contribution in [0.4, 0.5) is 0 Å². The maximum Gasteiger partial charge on any atom is 0.277 e. The second kappa shape index (κ2) is 8.94. The summed E-state index contributed by atoms with van der Waals surface area (Å²) in [6.07, 6.45) is 1.71. The number of carbonyl (C=O) groups is 1. The molecule has 0 aliphatic carbocycles. The second-order valence-corrected chi connectivity index (χ2v) is 9.13. The summed E-state index contributed by atoms with van der Waals surface area (Å²) in [5, 5.41) is 13.2. The first-order chi connectivity index (χ1) is 15.4. The molecule has 0 aliphatic rings. The van der Waals surface area contributed by atoms with Crippen molar-refractivity contribution < 1.29 is 4.79 Å². The number of hydrogen-bond acceptors (Lipinski definition) is 5. The van der Waals surface area contributed by atoms with Crippen molar-refractivity contribution in [2.45, 2.75) is 12.8 Å². The predicted molar refractivity (Wildman–Crippen MR) is 127 cm³/mol. The number of hydrogen-bond donors (Lipinski definition) is 2. The molecule has 4 aromatic rings. The molecule has 0 spiro atoms. The van der Waals surface area contributed by atoms with E-state index in [0.717, 1.165) is 14.9 Å². The molecule has 0 aliphatic heterocycles. The van der Waals surface area contributed by atoms with Gasteiger partial charge in [-0.1, -0.05) is 69.7 Å². The lowest BCUT2D eigenvalue weighted by Gasteiger charge is -2.19. The van der Waals surface area contributed by atoms with E-state index in [1.807, 2.05) is 36.4 Å². The molecule has 2 unspecified atom stereocenters. The normalized spacial score (nSPS) is 12.8. The smallest absolute Gasteiger partial charge is 0.277 e. The van der Waals surface area contributed by atoms with Crippen LogP contribution in [0.3, 0.4) is 0 Å². The van der Waals surface area contributed by atoms with Gasteiger partial charge in [-0.3, -0.25) is 14.7 Å². The predicted octanol–water partition coefficient (Wildman–Crippen LogP) is 4.12. The number of nitrogens with two attached hydrogens (primary N) is 1. The Morgan fingerprint density at radius 2 is 1.91 bits per heavy atom. The highest BCUT2D eigenvalue weighted by atomic mass is 79.9. The molecule has 1 amide bonds. The summed E-state index contributed by atoms with van der Waals surface area (Å²) in [6.45, 7) is 1.74. The zero-order valence-electron chi connectivity index (χ0n) is 16.9. The van der Waals surface area contributed by atoms with Crippen molar-refractivity contribution in [3.8, 4) is 21.6 Å². The highest BCUT2D eigenvalue weighted by molar-refractivity contribution is 9.10. The molecule has 3 N–H and O–H groups in total. The molecule has 9 heteroatoms. The SMILES string of the molecule is Cc1[nH]n(-c2ncc(-c3ccc(Br)cc3)s2)c(=O)c1C(c1ccccc1)C(C#N)C(N)=O. The van der Waals surface area contributed by atoms with E-state index in [0.29, 0.717) is 22.0 Å². The van der Waals surface area contributed by atoms with E-state index < -0.39 is 17.7 Å². The van der Waals surface area contributed by atoms with Crippen LogP contribution in [0.1, 0.15) is 22.7 Å². The fourth-order valence-electron chi connectivity index (χ4n) is 3.66. The molecule has 0 radical (unpaired) electrons. The monoisotopic (exact) mass is 507 g/mol. The average molecular weight is 508 g/mol. The molecular formula is C23H18BrN5O2S. The first-order valence-corrected chi connectivity index (χ1v) is 11.3. The van der Waals surface area contributed by atoms with E-state index >= 15 is 0 Å². The molecule has 32 heavy (non-hydrogen) atoms. The number of benzene rings is 2. The van der Waals surface area contributed by atoms with Crippen LogP contribution >= 0.6 is 27.3 Å². The number of nitriles is 1. The van der Waals surface area contributed by atoms with Crippen molar-refractivity contribution in [3.05, 3.63) is 92.4 Å². The van der Waals surface area contributed by atoms with Crippen LogP contribution in [0.5, 0.6) is 0 Å². The topological polar surface area (TPSA) is 118 Å². The van der Waals surface area contributed by atoms with E-state index in [-0.39, 0.29) is 5.56 Å². The number of aromatic amines is 1. The van der Waals surface area contributed by atoms with Gasteiger partial charge in [0.2, 0.25) is 11.0 Å². The number of halogens is 1. The van der Waals surface area contributed by atoms with Crippen molar-refractivity contribution in [2.24, 2.45) is 11.7 Å². The van der Waals surface area contributed by atoms with Gasteiger partial charge < -0.3 is 5.73 Å². The standard InChI is InChI=1S/C23H18BrN5O2S/c1-13-19(20(17(11-25)21(26)30)15-5-3-2-4-6-15)22(31)29(28-13)23-27-12-18(32-23)14-7-9-16(24)10-8-14/h2-10,12,17,20,28H,1H3,(H2,26,30). The zero-order valence-corrected chi connectivity index (χ0v) is 19.4. The van der Waals surface area contributed by atoms with Crippen LogP contribution < -0.4 is 11.3 Å². The highest BCUT2D eigenvalue weighted by Gasteiger charge is 2.34. The summed E-state index contributed by atoms with van der Waals surface area (Å²) in [4.78, 5) is 30.9. The molecular weight excluding hydrogens is 490 g/mol. The van der Waals surface area contributed by atoms with Gasteiger partial charge in [-0.15, -0.1) is 0 Å². The Hall–Kier alpha value is -3.48. The lowest BCUT2D eigenvalue weighted by atomic mass is 9.81. The Labute approximate surface area is 196 Å². The van der Waals surface area contributed by atoms with Gasteiger partial charge >= 0.3 is 0 Å². The van der Waals surface area contributed by atoms with E-state index in [4.69, 9.17) is 5.73 Å². The average Bonchev–Trinajstić information content (AvgIpc) is 3.38. The third kappa shape index (κ3) is 4.02. The van der Waals surface area contributed by atoms with Gasteiger partial charge in [-0.05, 0) is 30.2 Å². The molecule has 2 atom stereocenters. The molecule has 160 valence electrons. The first kappa shape index (κ1) is 21.7. The zero-order chi connectivity index (χ0) is 22.8. The maximum atomic E-state index is 13.5. The van der Waals surface area contributed by atoms with E-state index in [2.05, 4.69) is 26.0 Å². The molecule has 2 aromatic heterocycles. The van der Waals surface area contributed by atoms with E-state index in [1.165, 1.54) is 16.0 Å².